The number of likely N-dealkylation sites (tertiary alicyclic amines) is 1. The van der Waals surface area contributed by atoms with Crippen LogP contribution in [0.4, 0.5) is 4.39 Å². The summed E-state index contributed by atoms with van der Waals surface area (Å²) >= 11 is 3.38. The van der Waals surface area contributed by atoms with E-state index >= 15 is 0 Å². The van der Waals surface area contributed by atoms with Crippen molar-refractivity contribution < 1.29 is 19.3 Å². The molecular formula is C21H25BrFNO3. The Balaban J connectivity index is 1.40. The normalized spacial score (nSPS) is 18.2. The average Bonchev–Trinajstić information content (AvgIpc) is 2.68. The Kier molecular flexibility index (Phi) is 7.24. The summed E-state index contributed by atoms with van der Waals surface area (Å²) in [5.41, 5.74) is 0.762. The summed E-state index contributed by atoms with van der Waals surface area (Å²) in [4.78, 5) is 2.20. The lowest BCUT2D eigenvalue weighted by molar-refractivity contribution is 0.0278. The van der Waals surface area contributed by atoms with Gasteiger partial charge in [0.15, 0.2) is 0 Å². The minimum atomic E-state index is -0.571. The SMILES string of the molecule is OC(COc1ccc(Br)cc1)CN1CCC(C(O)c2ccc(F)cc2)CC1. The molecule has 1 aliphatic heterocycles. The van der Waals surface area contributed by atoms with E-state index < -0.39 is 12.2 Å². The number of hydrogen-bond donors (Lipinski definition) is 2. The quantitative estimate of drug-likeness (QED) is 0.691. The standard InChI is InChI=1S/C21H25BrFNO3/c22-17-3-7-20(8-4-17)27-14-19(25)13-24-11-9-16(10-12-24)21(26)15-1-5-18(23)6-2-15/h1-8,16,19,21,25-26H,9-14H2. The Labute approximate surface area is 167 Å². The molecule has 6 heteroatoms. The Morgan fingerprint density at radius 2 is 1.67 bits per heavy atom. The minimum Gasteiger partial charge on any atom is -0.491 e. The molecule has 0 aromatic heterocycles. The zero-order valence-corrected chi connectivity index (χ0v) is 16.7. The van der Waals surface area contributed by atoms with E-state index in [1.807, 2.05) is 24.3 Å². The van der Waals surface area contributed by atoms with Crippen molar-refractivity contribution in [2.45, 2.75) is 25.0 Å². The van der Waals surface area contributed by atoms with Crippen LogP contribution in [0.3, 0.4) is 0 Å². The topological polar surface area (TPSA) is 52.9 Å². The third-order valence-electron chi connectivity index (χ3n) is 5.02. The summed E-state index contributed by atoms with van der Waals surface area (Å²) in [6, 6.07) is 13.6. The monoisotopic (exact) mass is 437 g/mol. The van der Waals surface area contributed by atoms with Gasteiger partial charge in [-0.25, -0.2) is 4.39 Å². The van der Waals surface area contributed by atoms with Crippen LogP contribution in [-0.2, 0) is 0 Å². The molecule has 0 radical (unpaired) electrons. The second kappa shape index (κ2) is 9.64. The van der Waals surface area contributed by atoms with Crippen molar-refractivity contribution in [3.05, 3.63) is 64.4 Å². The summed E-state index contributed by atoms with van der Waals surface area (Å²) in [7, 11) is 0. The molecule has 0 spiro atoms. The van der Waals surface area contributed by atoms with Crippen molar-refractivity contribution in [3.8, 4) is 5.75 Å². The van der Waals surface area contributed by atoms with Gasteiger partial charge in [0.25, 0.3) is 0 Å². The number of aliphatic hydroxyl groups excluding tert-OH is 2. The van der Waals surface area contributed by atoms with E-state index in [1.165, 1.54) is 12.1 Å². The largest absolute Gasteiger partial charge is 0.491 e. The molecule has 1 fully saturated rings. The predicted octanol–water partition coefficient (Wildman–Crippen LogP) is 3.77. The number of halogens is 2. The molecule has 0 aliphatic carbocycles. The fourth-order valence-electron chi connectivity index (χ4n) is 3.46. The van der Waals surface area contributed by atoms with Crippen LogP contribution in [0.2, 0.25) is 0 Å². The van der Waals surface area contributed by atoms with Gasteiger partial charge in [-0.15, -0.1) is 0 Å². The van der Waals surface area contributed by atoms with Crippen molar-refractivity contribution in [1.29, 1.82) is 0 Å². The summed E-state index contributed by atoms with van der Waals surface area (Å²) in [6.45, 7) is 2.44. The van der Waals surface area contributed by atoms with Gasteiger partial charge in [0.2, 0.25) is 0 Å². The van der Waals surface area contributed by atoms with Crippen LogP contribution >= 0.6 is 15.9 Å². The van der Waals surface area contributed by atoms with E-state index in [9.17, 15) is 14.6 Å². The molecule has 2 unspecified atom stereocenters. The lowest BCUT2D eigenvalue weighted by Crippen LogP contribution is -2.41. The Morgan fingerprint density at radius 1 is 1.04 bits per heavy atom. The van der Waals surface area contributed by atoms with Crippen LogP contribution in [0, 0.1) is 11.7 Å². The minimum absolute atomic E-state index is 0.155. The highest BCUT2D eigenvalue weighted by Crippen LogP contribution is 2.30. The first-order valence-corrected chi connectivity index (χ1v) is 10.0. The summed E-state index contributed by atoms with van der Waals surface area (Å²) in [5, 5.41) is 20.8. The number of ether oxygens (including phenoxy) is 1. The number of hydrogen-bond acceptors (Lipinski definition) is 4. The summed E-state index contributed by atoms with van der Waals surface area (Å²) in [5.74, 6) is 0.598. The fourth-order valence-corrected chi connectivity index (χ4v) is 3.72. The van der Waals surface area contributed by atoms with E-state index in [-0.39, 0.29) is 18.3 Å². The molecule has 0 bridgehead atoms. The van der Waals surface area contributed by atoms with Crippen molar-refractivity contribution in [2.24, 2.45) is 5.92 Å². The van der Waals surface area contributed by atoms with Gasteiger partial charge in [0, 0.05) is 11.0 Å². The van der Waals surface area contributed by atoms with E-state index in [4.69, 9.17) is 4.74 Å². The van der Waals surface area contributed by atoms with Crippen LogP contribution in [0.25, 0.3) is 0 Å². The lowest BCUT2D eigenvalue weighted by atomic mass is 9.87. The second-order valence-electron chi connectivity index (χ2n) is 7.05. The van der Waals surface area contributed by atoms with Crippen LogP contribution in [-0.4, -0.2) is 47.5 Å². The smallest absolute Gasteiger partial charge is 0.123 e. The van der Waals surface area contributed by atoms with Gasteiger partial charge >= 0.3 is 0 Å². The molecule has 2 N–H and O–H groups in total. The van der Waals surface area contributed by atoms with Crippen LogP contribution in [0.5, 0.6) is 5.75 Å². The number of β-amino-alcohol motifs (C(OH)–C–C–N with tert-alkyl or cyclic N) is 1. The first-order valence-electron chi connectivity index (χ1n) is 9.23. The highest BCUT2D eigenvalue weighted by atomic mass is 79.9. The number of rotatable bonds is 7. The molecule has 2 aromatic rings. The molecule has 1 heterocycles. The molecular weight excluding hydrogens is 413 g/mol. The fraction of sp³-hybridized carbons (Fsp3) is 0.429. The van der Waals surface area contributed by atoms with Gasteiger partial charge in [-0.2, -0.15) is 0 Å². The average molecular weight is 438 g/mol. The molecule has 3 rings (SSSR count). The highest BCUT2D eigenvalue weighted by molar-refractivity contribution is 9.10. The third-order valence-corrected chi connectivity index (χ3v) is 5.54. The van der Waals surface area contributed by atoms with Gasteiger partial charge in [-0.05, 0) is 73.8 Å². The summed E-state index contributed by atoms with van der Waals surface area (Å²) in [6.07, 6.45) is 0.558. The Bertz CT molecular complexity index is 702. The number of aliphatic hydroxyl groups is 2. The molecule has 2 atom stereocenters. The number of nitrogens with zero attached hydrogens (tertiary/aromatic N) is 1. The van der Waals surface area contributed by atoms with Crippen molar-refractivity contribution >= 4 is 15.9 Å². The molecule has 0 amide bonds. The van der Waals surface area contributed by atoms with Crippen molar-refractivity contribution in [3.63, 3.8) is 0 Å². The van der Waals surface area contributed by atoms with E-state index in [0.717, 1.165) is 41.7 Å². The van der Waals surface area contributed by atoms with E-state index in [2.05, 4.69) is 20.8 Å². The van der Waals surface area contributed by atoms with Gasteiger partial charge < -0.3 is 19.8 Å². The summed E-state index contributed by atoms with van der Waals surface area (Å²) < 4.78 is 19.6. The molecule has 146 valence electrons. The maximum Gasteiger partial charge on any atom is 0.123 e. The van der Waals surface area contributed by atoms with Crippen LogP contribution in [0.15, 0.2) is 53.0 Å². The van der Waals surface area contributed by atoms with E-state index in [1.54, 1.807) is 12.1 Å². The van der Waals surface area contributed by atoms with Crippen molar-refractivity contribution in [1.82, 2.24) is 4.90 Å². The van der Waals surface area contributed by atoms with Gasteiger partial charge in [-0.1, -0.05) is 28.1 Å². The Hall–Kier alpha value is -1.47. The van der Waals surface area contributed by atoms with Crippen molar-refractivity contribution in [2.75, 3.05) is 26.2 Å². The zero-order valence-electron chi connectivity index (χ0n) is 15.1. The molecule has 1 saturated heterocycles. The Morgan fingerprint density at radius 3 is 2.30 bits per heavy atom. The van der Waals surface area contributed by atoms with Gasteiger partial charge in [-0.3, -0.25) is 0 Å². The highest BCUT2D eigenvalue weighted by Gasteiger charge is 2.27. The van der Waals surface area contributed by atoms with E-state index in [0.29, 0.717) is 6.54 Å². The lowest BCUT2D eigenvalue weighted by Gasteiger charge is -2.35. The van der Waals surface area contributed by atoms with Gasteiger partial charge in [0.05, 0.1) is 6.10 Å². The first-order chi connectivity index (χ1) is 13.0. The molecule has 1 aliphatic rings. The van der Waals surface area contributed by atoms with Gasteiger partial charge in [0.1, 0.15) is 24.3 Å². The zero-order chi connectivity index (χ0) is 19.2. The second-order valence-corrected chi connectivity index (χ2v) is 7.97. The number of piperidine rings is 1. The maximum atomic E-state index is 13.0. The third kappa shape index (κ3) is 6.01. The molecule has 0 saturated carbocycles. The molecule has 2 aromatic carbocycles. The predicted molar refractivity (Wildman–Crippen MR) is 106 cm³/mol. The number of benzene rings is 2. The van der Waals surface area contributed by atoms with Crippen LogP contribution < -0.4 is 4.74 Å². The molecule has 4 nitrogen and oxygen atoms in total. The maximum absolute atomic E-state index is 13.0. The first kappa shape index (κ1) is 20.3. The molecule has 27 heavy (non-hydrogen) atoms. The van der Waals surface area contributed by atoms with Crippen LogP contribution in [0.1, 0.15) is 24.5 Å².